The lowest BCUT2D eigenvalue weighted by Gasteiger charge is -2.30. The van der Waals surface area contributed by atoms with Gasteiger partial charge in [0.1, 0.15) is 12.3 Å². The number of fused-ring (bicyclic) bond motifs is 1. The van der Waals surface area contributed by atoms with Crippen molar-refractivity contribution in [2.24, 2.45) is 0 Å². The first-order valence-electron chi connectivity index (χ1n) is 8.73. The van der Waals surface area contributed by atoms with Gasteiger partial charge in [-0.3, -0.25) is 14.5 Å². The van der Waals surface area contributed by atoms with E-state index in [9.17, 15) is 18.0 Å². The first-order chi connectivity index (χ1) is 12.8. The summed E-state index contributed by atoms with van der Waals surface area (Å²) in [6.07, 6.45) is 0. The number of benzene rings is 1. The summed E-state index contributed by atoms with van der Waals surface area (Å²) in [6, 6.07) is 4.29. The quantitative estimate of drug-likeness (QED) is 0.747. The maximum atomic E-state index is 12.9. The molecule has 2 amide bonds. The molecule has 3 rings (SSSR count). The van der Waals surface area contributed by atoms with Gasteiger partial charge in [-0.05, 0) is 32.0 Å². The Morgan fingerprint density at radius 2 is 1.96 bits per heavy atom. The molecule has 2 aliphatic heterocycles. The van der Waals surface area contributed by atoms with Crippen LogP contribution < -0.4 is 15.0 Å². The molecule has 1 aromatic carbocycles. The predicted molar refractivity (Wildman–Crippen MR) is 97.1 cm³/mol. The SMILES string of the molecule is CC(C)NC(=O)CN1C(=O)COc2ccc(S(=O)(=O)N3CCOCC3)cc21. The van der Waals surface area contributed by atoms with Crippen LogP contribution >= 0.6 is 0 Å². The molecule has 1 saturated heterocycles. The minimum Gasteiger partial charge on any atom is -0.482 e. The van der Waals surface area contributed by atoms with E-state index in [2.05, 4.69) is 5.32 Å². The number of hydrogen-bond donors (Lipinski definition) is 1. The van der Waals surface area contributed by atoms with Crippen molar-refractivity contribution in [2.45, 2.75) is 24.8 Å². The summed E-state index contributed by atoms with van der Waals surface area (Å²) in [7, 11) is -3.72. The molecule has 1 N–H and O–H groups in total. The molecule has 2 aliphatic rings. The lowest BCUT2D eigenvalue weighted by Crippen LogP contribution is -2.46. The Morgan fingerprint density at radius 3 is 2.63 bits per heavy atom. The highest BCUT2D eigenvalue weighted by Crippen LogP contribution is 2.35. The number of carbonyl (C=O) groups is 2. The van der Waals surface area contributed by atoms with Gasteiger partial charge in [-0.2, -0.15) is 4.31 Å². The van der Waals surface area contributed by atoms with E-state index in [1.165, 1.54) is 27.4 Å². The topological polar surface area (TPSA) is 105 Å². The zero-order chi connectivity index (χ0) is 19.6. The normalized spacial score (nSPS) is 18.2. The molecule has 0 unspecified atom stereocenters. The highest BCUT2D eigenvalue weighted by molar-refractivity contribution is 7.89. The summed E-state index contributed by atoms with van der Waals surface area (Å²) >= 11 is 0. The van der Waals surface area contributed by atoms with Crippen LogP contribution in [0.4, 0.5) is 5.69 Å². The maximum Gasteiger partial charge on any atom is 0.265 e. The Hall–Kier alpha value is -2.17. The third-order valence-electron chi connectivity index (χ3n) is 4.23. The minimum atomic E-state index is -3.72. The number of nitrogens with zero attached hydrogens (tertiary/aromatic N) is 2. The number of hydrogen-bond acceptors (Lipinski definition) is 6. The second kappa shape index (κ2) is 7.83. The van der Waals surface area contributed by atoms with Crippen LogP contribution in [-0.4, -0.2) is 70.0 Å². The molecule has 10 heteroatoms. The largest absolute Gasteiger partial charge is 0.482 e. The number of ether oxygens (including phenoxy) is 2. The van der Waals surface area contributed by atoms with Crippen molar-refractivity contribution in [3.05, 3.63) is 18.2 Å². The zero-order valence-electron chi connectivity index (χ0n) is 15.3. The van der Waals surface area contributed by atoms with E-state index >= 15 is 0 Å². The van der Waals surface area contributed by atoms with E-state index < -0.39 is 15.9 Å². The van der Waals surface area contributed by atoms with Gasteiger partial charge in [0.15, 0.2) is 6.61 Å². The fourth-order valence-corrected chi connectivity index (χ4v) is 4.39. The average molecular weight is 397 g/mol. The molecule has 0 aromatic heterocycles. The number of rotatable bonds is 5. The molecule has 0 spiro atoms. The van der Waals surface area contributed by atoms with Gasteiger partial charge in [-0.1, -0.05) is 0 Å². The fourth-order valence-electron chi connectivity index (χ4n) is 2.96. The van der Waals surface area contributed by atoms with Crippen LogP contribution in [0.2, 0.25) is 0 Å². The molecule has 2 heterocycles. The summed E-state index contributed by atoms with van der Waals surface area (Å²) in [5.41, 5.74) is 0.277. The highest BCUT2D eigenvalue weighted by Gasteiger charge is 2.31. The van der Waals surface area contributed by atoms with Crippen LogP contribution in [0.5, 0.6) is 5.75 Å². The standard InChI is InChI=1S/C17H23N3O6S/c1-12(2)18-16(21)10-20-14-9-13(3-4-15(14)26-11-17(20)22)27(23,24)19-5-7-25-8-6-19/h3-4,9,12H,5-8,10-11H2,1-2H3,(H,18,21). The van der Waals surface area contributed by atoms with E-state index in [4.69, 9.17) is 9.47 Å². The summed E-state index contributed by atoms with van der Waals surface area (Å²) in [5, 5.41) is 2.72. The zero-order valence-corrected chi connectivity index (χ0v) is 16.1. The first-order valence-corrected chi connectivity index (χ1v) is 10.2. The molecule has 0 aliphatic carbocycles. The Labute approximate surface area is 158 Å². The van der Waals surface area contributed by atoms with Crippen molar-refractivity contribution in [1.29, 1.82) is 0 Å². The lowest BCUT2D eigenvalue weighted by atomic mass is 10.2. The molecular formula is C17H23N3O6S. The number of nitrogens with one attached hydrogen (secondary N) is 1. The van der Waals surface area contributed by atoms with Crippen LogP contribution in [-0.2, 0) is 24.3 Å². The Balaban J connectivity index is 1.91. The summed E-state index contributed by atoms with van der Waals surface area (Å²) < 4.78 is 37.7. The second-order valence-electron chi connectivity index (χ2n) is 6.64. The van der Waals surface area contributed by atoms with Crippen molar-refractivity contribution in [3.8, 4) is 5.75 Å². The molecule has 1 fully saturated rings. The van der Waals surface area contributed by atoms with Crippen molar-refractivity contribution < 1.29 is 27.5 Å². The molecular weight excluding hydrogens is 374 g/mol. The molecule has 0 atom stereocenters. The third kappa shape index (κ3) is 4.23. The highest BCUT2D eigenvalue weighted by atomic mass is 32.2. The van der Waals surface area contributed by atoms with Crippen LogP contribution in [0.3, 0.4) is 0 Å². The molecule has 0 bridgehead atoms. The molecule has 148 valence electrons. The van der Waals surface area contributed by atoms with Crippen molar-refractivity contribution in [3.63, 3.8) is 0 Å². The number of anilines is 1. The monoisotopic (exact) mass is 397 g/mol. The maximum absolute atomic E-state index is 12.9. The summed E-state index contributed by atoms with van der Waals surface area (Å²) in [4.78, 5) is 25.7. The van der Waals surface area contributed by atoms with E-state index in [1.54, 1.807) is 0 Å². The number of morpholine rings is 1. The average Bonchev–Trinajstić information content (AvgIpc) is 2.64. The lowest BCUT2D eigenvalue weighted by molar-refractivity contribution is -0.125. The van der Waals surface area contributed by atoms with Gasteiger partial charge in [-0.25, -0.2) is 8.42 Å². The van der Waals surface area contributed by atoms with E-state index in [0.29, 0.717) is 19.0 Å². The summed E-state index contributed by atoms with van der Waals surface area (Å²) in [5.74, 6) is -0.358. The van der Waals surface area contributed by atoms with E-state index in [1.807, 2.05) is 13.8 Å². The second-order valence-corrected chi connectivity index (χ2v) is 8.57. The minimum absolute atomic E-state index is 0.0516. The summed E-state index contributed by atoms with van der Waals surface area (Å²) in [6.45, 7) is 4.47. The van der Waals surface area contributed by atoms with Crippen LogP contribution in [0.25, 0.3) is 0 Å². The molecule has 27 heavy (non-hydrogen) atoms. The molecule has 0 saturated carbocycles. The predicted octanol–water partition coefficient (Wildman–Crippen LogP) is -0.0425. The van der Waals surface area contributed by atoms with Crippen LogP contribution in [0, 0.1) is 0 Å². The van der Waals surface area contributed by atoms with Gasteiger partial charge in [0.05, 0.1) is 23.8 Å². The Morgan fingerprint density at radius 1 is 1.26 bits per heavy atom. The van der Waals surface area contributed by atoms with E-state index in [0.717, 1.165) is 0 Å². The van der Waals surface area contributed by atoms with Gasteiger partial charge in [0, 0.05) is 19.1 Å². The number of carbonyl (C=O) groups excluding carboxylic acids is 2. The fraction of sp³-hybridized carbons (Fsp3) is 0.529. The van der Waals surface area contributed by atoms with Crippen LogP contribution in [0.15, 0.2) is 23.1 Å². The smallest absolute Gasteiger partial charge is 0.265 e. The van der Waals surface area contributed by atoms with Gasteiger partial charge in [-0.15, -0.1) is 0 Å². The third-order valence-corrected chi connectivity index (χ3v) is 6.13. The first kappa shape index (κ1) is 19.6. The number of amides is 2. The number of sulfonamides is 1. The molecule has 0 radical (unpaired) electrons. The van der Waals surface area contributed by atoms with E-state index in [-0.39, 0.29) is 48.8 Å². The van der Waals surface area contributed by atoms with Gasteiger partial charge in [0.25, 0.3) is 5.91 Å². The van der Waals surface area contributed by atoms with Gasteiger partial charge < -0.3 is 14.8 Å². The van der Waals surface area contributed by atoms with Crippen molar-refractivity contribution >= 4 is 27.5 Å². The van der Waals surface area contributed by atoms with Gasteiger partial charge in [0.2, 0.25) is 15.9 Å². The van der Waals surface area contributed by atoms with Crippen LogP contribution in [0.1, 0.15) is 13.8 Å². The van der Waals surface area contributed by atoms with Gasteiger partial charge >= 0.3 is 0 Å². The van der Waals surface area contributed by atoms with Crippen molar-refractivity contribution in [1.82, 2.24) is 9.62 Å². The van der Waals surface area contributed by atoms with Crippen molar-refractivity contribution in [2.75, 3.05) is 44.4 Å². The Bertz CT molecular complexity index is 833. The molecule has 9 nitrogen and oxygen atoms in total. The Kier molecular flexibility index (Phi) is 5.68. The molecule has 1 aromatic rings.